The molecule has 1 fully saturated rings. The molecule has 0 saturated carbocycles. The van der Waals surface area contributed by atoms with Crippen molar-refractivity contribution in [3.05, 3.63) is 12.2 Å². The highest BCUT2D eigenvalue weighted by molar-refractivity contribution is 7.82. The van der Waals surface area contributed by atoms with Gasteiger partial charge in [-0.2, -0.15) is 0 Å². The highest BCUT2D eigenvalue weighted by Gasteiger charge is 2.42. The van der Waals surface area contributed by atoms with Gasteiger partial charge in [0.15, 0.2) is 4.93 Å². The van der Waals surface area contributed by atoms with E-state index in [9.17, 15) is 4.79 Å². The molecule has 0 radical (unpaired) electrons. The van der Waals surface area contributed by atoms with E-state index >= 15 is 0 Å². The van der Waals surface area contributed by atoms with E-state index in [0.717, 1.165) is 0 Å². The standard InChI is InChI=1S/C7H10O3S/c1-5(2)6(8)9-3-7(11)4-10-7/h11H,1,3-4H2,2H3. The Labute approximate surface area is 70.8 Å². The third-order valence-electron chi connectivity index (χ3n) is 1.25. The number of hydrogen-bond acceptors (Lipinski definition) is 4. The first-order valence-electron chi connectivity index (χ1n) is 3.22. The summed E-state index contributed by atoms with van der Waals surface area (Å²) >= 11 is 4.08. The van der Waals surface area contributed by atoms with E-state index in [1.54, 1.807) is 6.92 Å². The fourth-order valence-electron chi connectivity index (χ4n) is 0.468. The van der Waals surface area contributed by atoms with Gasteiger partial charge in [-0.25, -0.2) is 4.79 Å². The van der Waals surface area contributed by atoms with Crippen molar-refractivity contribution in [2.45, 2.75) is 11.9 Å². The van der Waals surface area contributed by atoms with E-state index in [1.807, 2.05) is 0 Å². The van der Waals surface area contributed by atoms with Crippen LogP contribution in [0.5, 0.6) is 0 Å². The smallest absolute Gasteiger partial charge is 0.333 e. The van der Waals surface area contributed by atoms with Crippen LogP contribution in [0.15, 0.2) is 12.2 Å². The molecule has 1 aliphatic heterocycles. The largest absolute Gasteiger partial charge is 0.458 e. The number of epoxide rings is 1. The van der Waals surface area contributed by atoms with Gasteiger partial charge in [0.25, 0.3) is 0 Å². The second-order valence-electron chi connectivity index (χ2n) is 2.59. The molecule has 1 saturated heterocycles. The summed E-state index contributed by atoms with van der Waals surface area (Å²) in [7, 11) is 0. The fourth-order valence-corrected chi connectivity index (χ4v) is 0.597. The van der Waals surface area contributed by atoms with Crippen molar-refractivity contribution in [2.24, 2.45) is 0 Å². The molecule has 62 valence electrons. The van der Waals surface area contributed by atoms with Crippen LogP contribution < -0.4 is 0 Å². The van der Waals surface area contributed by atoms with Gasteiger partial charge < -0.3 is 9.47 Å². The summed E-state index contributed by atoms with van der Waals surface area (Å²) < 4.78 is 9.67. The number of carbonyl (C=O) groups is 1. The molecular formula is C7H10O3S. The monoisotopic (exact) mass is 174 g/mol. The average Bonchev–Trinajstić information content (AvgIpc) is 2.64. The minimum Gasteiger partial charge on any atom is -0.458 e. The number of esters is 1. The molecule has 1 rings (SSSR count). The van der Waals surface area contributed by atoms with Crippen molar-refractivity contribution in [2.75, 3.05) is 13.2 Å². The number of carbonyl (C=O) groups excluding carboxylic acids is 1. The Balaban J connectivity index is 2.22. The molecule has 0 aliphatic carbocycles. The fraction of sp³-hybridized carbons (Fsp3) is 0.571. The van der Waals surface area contributed by atoms with Crippen LogP contribution in [-0.4, -0.2) is 24.1 Å². The summed E-state index contributed by atoms with van der Waals surface area (Å²) in [5, 5.41) is 0. The molecule has 3 nitrogen and oxygen atoms in total. The van der Waals surface area contributed by atoms with Crippen molar-refractivity contribution in [3.8, 4) is 0 Å². The van der Waals surface area contributed by atoms with E-state index in [0.29, 0.717) is 12.2 Å². The lowest BCUT2D eigenvalue weighted by molar-refractivity contribution is -0.139. The maximum atomic E-state index is 10.8. The first kappa shape index (κ1) is 8.62. The van der Waals surface area contributed by atoms with Gasteiger partial charge in [-0.15, -0.1) is 12.6 Å². The van der Waals surface area contributed by atoms with Crippen LogP contribution in [0.4, 0.5) is 0 Å². The van der Waals surface area contributed by atoms with Crippen LogP contribution in [-0.2, 0) is 14.3 Å². The first-order valence-corrected chi connectivity index (χ1v) is 3.67. The average molecular weight is 174 g/mol. The van der Waals surface area contributed by atoms with Gasteiger partial charge in [-0.05, 0) is 6.92 Å². The van der Waals surface area contributed by atoms with Gasteiger partial charge in [0, 0.05) is 5.57 Å². The van der Waals surface area contributed by atoms with Gasteiger partial charge in [0.2, 0.25) is 0 Å². The lowest BCUT2D eigenvalue weighted by Crippen LogP contribution is -2.16. The SMILES string of the molecule is C=C(C)C(=O)OCC1(S)CO1. The highest BCUT2D eigenvalue weighted by Crippen LogP contribution is 2.31. The summed E-state index contributed by atoms with van der Waals surface area (Å²) in [6.07, 6.45) is 0. The molecule has 1 unspecified atom stereocenters. The summed E-state index contributed by atoms with van der Waals surface area (Å²) in [6, 6.07) is 0. The minimum absolute atomic E-state index is 0.196. The normalized spacial score (nSPS) is 27.8. The van der Waals surface area contributed by atoms with Crippen molar-refractivity contribution in [3.63, 3.8) is 0 Å². The molecule has 11 heavy (non-hydrogen) atoms. The second kappa shape index (κ2) is 2.87. The maximum Gasteiger partial charge on any atom is 0.333 e. The van der Waals surface area contributed by atoms with E-state index in [1.165, 1.54) is 0 Å². The molecular weight excluding hydrogens is 164 g/mol. The Hall–Kier alpha value is -0.480. The zero-order chi connectivity index (χ0) is 8.48. The van der Waals surface area contributed by atoms with Gasteiger partial charge in [0.1, 0.15) is 6.61 Å². The summed E-state index contributed by atoms with van der Waals surface area (Å²) in [5.41, 5.74) is 0.391. The van der Waals surface area contributed by atoms with Crippen LogP contribution in [0.2, 0.25) is 0 Å². The first-order chi connectivity index (χ1) is 5.03. The predicted octanol–water partition coefficient (Wildman–Crippen LogP) is 0.762. The maximum absolute atomic E-state index is 10.8. The predicted molar refractivity (Wildman–Crippen MR) is 43.4 cm³/mol. The number of thiol groups is 1. The lowest BCUT2D eigenvalue weighted by Gasteiger charge is -2.05. The third-order valence-corrected chi connectivity index (χ3v) is 1.64. The molecule has 0 aromatic heterocycles. The quantitative estimate of drug-likeness (QED) is 0.297. The molecule has 0 aromatic carbocycles. The Bertz CT molecular complexity index is 196. The molecule has 0 spiro atoms. The van der Waals surface area contributed by atoms with Crippen LogP contribution >= 0.6 is 12.6 Å². The lowest BCUT2D eigenvalue weighted by atomic mass is 10.4. The summed E-state index contributed by atoms with van der Waals surface area (Å²) in [6.45, 7) is 5.77. The zero-order valence-electron chi connectivity index (χ0n) is 6.29. The minimum atomic E-state index is -0.523. The van der Waals surface area contributed by atoms with Crippen LogP contribution in [0, 0.1) is 0 Å². The van der Waals surface area contributed by atoms with Crippen LogP contribution in [0.25, 0.3) is 0 Å². The molecule has 0 bridgehead atoms. The van der Waals surface area contributed by atoms with Crippen LogP contribution in [0.3, 0.4) is 0 Å². The van der Waals surface area contributed by atoms with Crippen LogP contribution in [0.1, 0.15) is 6.92 Å². The Morgan fingerprint density at radius 3 is 2.82 bits per heavy atom. The molecule has 4 heteroatoms. The van der Waals surface area contributed by atoms with Gasteiger partial charge in [0.05, 0.1) is 6.61 Å². The molecule has 1 heterocycles. The zero-order valence-corrected chi connectivity index (χ0v) is 7.19. The summed E-state index contributed by atoms with van der Waals surface area (Å²) in [4.78, 5) is 10.3. The van der Waals surface area contributed by atoms with Gasteiger partial charge >= 0.3 is 5.97 Å². The topological polar surface area (TPSA) is 38.8 Å². The van der Waals surface area contributed by atoms with E-state index in [4.69, 9.17) is 9.47 Å². The van der Waals surface area contributed by atoms with Crippen molar-refractivity contribution in [1.82, 2.24) is 0 Å². The number of hydrogen-bond donors (Lipinski definition) is 1. The third kappa shape index (κ3) is 2.55. The summed E-state index contributed by atoms with van der Waals surface area (Å²) in [5.74, 6) is -0.395. The number of rotatable bonds is 3. The van der Waals surface area contributed by atoms with Gasteiger partial charge in [-0.1, -0.05) is 6.58 Å². The molecule has 0 amide bonds. The van der Waals surface area contributed by atoms with Crippen molar-refractivity contribution >= 4 is 18.6 Å². The van der Waals surface area contributed by atoms with Crippen molar-refractivity contribution in [1.29, 1.82) is 0 Å². The molecule has 0 N–H and O–H groups in total. The highest BCUT2D eigenvalue weighted by atomic mass is 32.1. The Kier molecular flexibility index (Phi) is 2.25. The van der Waals surface area contributed by atoms with Crippen molar-refractivity contribution < 1.29 is 14.3 Å². The second-order valence-corrected chi connectivity index (χ2v) is 3.41. The van der Waals surface area contributed by atoms with E-state index < -0.39 is 10.9 Å². The Morgan fingerprint density at radius 2 is 2.45 bits per heavy atom. The number of ether oxygens (including phenoxy) is 2. The van der Waals surface area contributed by atoms with Gasteiger partial charge in [-0.3, -0.25) is 0 Å². The molecule has 0 aromatic rings. The molecule has 1 atom stereocenters. The molecule has 1 aliphatic rings. The Morgan fingerprint density at radius 1 is 1.91 bits per heavy atom. The van der Waals surface area contributed by atoms with E-state index in [2.05, 4.69) is 19.2 Å². The van der Waals surface area contributed by atoms with E-state index in [-0.39, 0.29) is 6.61 Å².